The first-order valence-electron chi connectivity index (χ1n) is 7.14. The molecule has 0 saturated heterocycles. The monoisotopic (exact) mass is 360 g/mol. The minimum Gasteiger partial charge on any atom is -0.492 e. The standard InChI is InChI=1S/C18H14Cl2N2O2/c1-2-24-17-8-3-12(10-16(17)20)9-13(11-21)18(23)22-15-6-4-14(19)5-7-15/h3-10H,2H2,1H3,(H,22,23)/b13-9-. The number of ether oxygens (including phenoxy) is 1. The number of rotatable bonds is 5. The second-order valence-electron chi connectivity index (χ2n) is 4.75. The number of hydrogen-bond acceptors (Lipinski definition) is 3. The van der Waals surface area contributed by atoms with Gasteiger partial charge in [0.2, 0.25) is 0 Å². The lowest BCUT2D eigenvalue weighted by Crippen LogP contribution is -2.13. The van der Waals surface area contributed by atoms with Crippen molar-refractivity contribution in [3.8, 4) is 11.8 Å². The van der Waals surface area contributed by atoms with Gasteiger partial charge in [0.25, 0.3) is 5.91 Å². The predicted octanol–water partition coefficient (Wildman–Crippen LogP) is 4.94. The summed E-state index contributed by atoms with van der Waals surface area (Å²) in [5.41, 5.74) is 1.15. The van der Waals surface area contributed by atoms with Crippen LogP contribution in [0.25, 0.3) is 6.08 Å². The van der Waals surface area contributed by atoms with Gasteiger partial charge in [0.1, 0.15) is 17.4 Å². The first-order valence-corrected chi connectivity index (χ1v) is 7.90. The van der Waals surface area contributed by atoms with Crippen LogP contribution in [0.5, 0.6) is 5.75 Å². The lowest BCUT2D eigenvalue weighted by molar-refractivity contribution is -0.112. The van der Waals surface area contributed by atoms with Crippen LogP contribution < -0.4 is 10.1 Å². The molecule has 0 aliphatic heterocycles. The van der Waals surface area contributed by atoms with Crippen molar-refractivity contribution in [3.63, 3.8) is 0 Å². The molecule has 1 N–H and O–H groups in total. The van der Waals surface area contributed by atoms with Gasteiger partial charge in [0.15, 0.2) is 0 Å². The number of amides is 1. The molecular formula is C18H14Cl2N2O2. The smallest absolute Gasteiger partial charge is 0.266 e. The van der Waals surface area contributed by atoms with E-state index in [1.54, 1.807) is 42.5 Å². The zero-order chi connectivity index (χ0) is 17.5. The normalized spacial score (nSPS) is 10.8. The Morgan fingerprint density at radius 3 is 2.54 bits per heavy atom. The average molecular weight is 361 g/mol. The van der Waals surface area contributed by atoms with Crippen molar-refractivity contribution in [2.24, 2.45) is 0 Å². The van der Waals surface area contributed by atoms with Crippen molar-refractivity contribution in [1.82, 2.24) is 0 Å². The summed E-state index contributed by atoms with van der Waals surface area (Å²) in [5, 5.41) is 12.9. The van der Waals surface area contributed by atoms with E-state index in [2.05, 4.69) is 5.32 Å². The molecule has 2 aromatic rings. The van der Waals surface area contributed by atoms with Gasteiger partial charge in [-0.3, -0.25) is 4.79 Å². The van der Waals surface area contributed by atoms with Crippen molar-refractivity contribution in [1.29, 1.82) is 5.26 Å². The van der Waals surface area contributed by atoms with Crippen LogP contribution in [0.2, 0.25) is 10.0 Å². The Bertz CT molecular complexity index is 809. The zero-order valence-corrected chi connectivity index (χ0v) is 14.4. The number of benzene rings is 2. The van der Waals surface area contributed by atoms with Crippen molar-refractivity contribution in [2.45, 2.75) is 6.92 Å². The Hall–Kier alpha value is -2.48. The molecule has 0 saturated carbocycles. The van der Waals surface area contributed by atoms with Gasteiger partial charge in [-0.25, -0.2) is 0 Å². The lowest BCUT2D eigenvalue weighted by Gasteiger charge is -2.07. The maximum Gasteiger partial charge on any atom is 0.266 e. The van der Waals surface area contributed by atoms with E-state index in [0.717, 1.165) is 0 Å². The van der Waals surface area contributed by atoms with E-state index in [9.17, 15) is 10.1 Å². The minimum absolute atomic E-state index is 0.0369. The molecule has 0 radical (unpaired) electrons. The molecule has 0 aromatic heterocycles. The molecule has 4 nitrogen and oxygen atoms in total. The second kappa shape index (κ2) is 8.39. The molecule has 0 heterocycles. The van der Waals surface area contributed by atoms with Crippen molar-refractivity contribution < 1.29 is 9.53 Å². The molecule has 1 amide bonds. The average Bonchev–Trinajstić information content (AvgIpc) is 2.57. The van der Waals surface area contributed by atoms with Crippen molar-refractivity contribution in [3.05, 3.63) is 63.6 Å². The fourth-order valence-corrected chi connectivity index (χ4v) is 2.30. The number of hydrogen-bond donors (Lipinski definition) is 1. The summed E-state index contributed by atoms with van der Waals surface area (Å²) in [6.07, 6.45) is 1.47. The number of nitrogens with zero attached hydrogens (tertiary/aromatic N) is 1. The van der Waals surface area contributed by atoms with Gasteiger partial charge in [-0.2, -0.15) is 5.26 Å². The molecule has 2 aromatic carbocycles. The molecular weight excluding hydrogens is 347 g/mol. The van der Waals surface area contributed by atoms with Crippen LogP contribution in [0.15, 0.2) is 48.0 Å². The molecule has 122 valence electrons. The van der Waals surface area contributed by atoms with Crippen LogP contribution in [0.3, 0.4) is 0 Å². The van der Waals surface area contributed by atoms with Crippen molar-refractivity contribution >= 4 is 40.9 Å². The Labute approximate surface area is 150 Å². The lowest BCUT2D eigenvalue weighted by atomic mass is 10.1. The summed E-state index contributed by atoms with van der Waals surface area (Å²) in [5.74, 6) is 0.0465. The zero-order valence-electron chi connectivity index (χ0n) is 12.8. The third kappa shape index (κ3) is 4.76. The maximum absolute atomic E-state index is 12.2. The van der Waals surface area contributed by atoms with E-state index in [1.165, 1.54) is 6.08 Å². The van der Waals surface area contributed by atoms with E-state index in [4.69, 9.17) is 27.9 Å². The molecule has 6 heteroatoms. The summed E-state index contributed by atoms with van der Waals surface area (Å²) >= 11 is 11.9. The van der Waals surface area contributed by atoms with E-state index < -0.39 is 5.91 Å². The molecule has 0 spiro atoms. The third-order valence-corrected chi connectivity index (χ3v) is 3.58. The molecule has 0 atom stereocenters. The van der Waals surface area contributed by atoms with Crippen LogP contribution in [-0.4, -0.2) is 12.5 Å². The van der Waals surface area contributed by atoms with E-state index >= 15 is 0 Å². The largest absolute Gasteiger partial charge is 0.492 e. The van der Waals surface area contributed by atoms with Crippen LogP contribution in [0.1, 0.15) is 12.5 Å². The predicted molar refractivity (Wildman–Crippen MR) is 96.3 cm³/mol. The van der Waals surface area contributed by atoms with Crippen LogP contribution in [0, 0.1) is 11.3 Å². The quantitative estimate of drug-likeness (QED) is 0.606. The van der Waals surface area contributed by atoms with Gasteiger partial charge in [0, 0.05) is 10.7 Å². The third-order valence-electron chi connectivity index (χ3n) is 3.03. The van der Waals surface area contributed by atoms with Crippen LogP contribution in [-0.2, 0) is 4.79 Å². The Kier molecular flexibility index (Phi) is 6.25. The number of nitrogens with one attached hydrogen (secondary N) is 1. The molecule has 0 aliphatic rings. The van der Waals surface area contributed by atoms with E-state index in [0.29, 0.717) is 33.7 Å². The molecule has 0 fully saturated rings. The maximum atomic E-state index is 12.2. The Balaban J connectivity index is 2.19. The first-order chi connectivity index (χ1) is 11.5. The number of nitriles is 1. The number of carbonyl (C=O) groups excluding carboxylic acids is 1. The van der Waals surface area contributed by atoms with Crippen LogP contribution in [0.4, 0.5) is 5.69 Å². The van der Waals surface area contributed by atoms with Gasteiger partial charge in [0.05, 0.1) is 11.6 Å². The number of halogens is 2. The fraction of sp³-hybridized carbons (Fsp3) is 0.111. The number of carbonyl (C=O) groups is 1. The highest BCUT2D eigenvalue weighted by molar-refractivity contribution is 6.32. The van der Waals surface area contributed by atoms with E-state index in [-0.39, 0.29) is 5.57 Å². The summed E-state index contributed by atoms with van der Waals surface area (Å²) in [4.78, 5) is 12.2. The highest BCUT2D eigenvalue weighted by Gasteiger charge is 2.10. The number of anilines is 1. The van der Waals surface area contributed by atoms with E-state index in [1.807, 2.05) is 13.0 Å². The van der Waals surface area contributed by atoms with Gasteiger partial charge < -0.3 is 10.1 Å². The first kappa shape index (κ1) is 17.9. The van der Waals surface area contributed by atoms with Crippen molar-refractivity contribution in [2.75, 3.05) is 11.9 Å². The Morgan fingerprint density at radius 1 is 1.25 bits per heavy atom. The highest BCUT2D eigenvalue weighted by atomic mass is 35.5. The molecule has 2 rings (SSSR count). The molecule has 0 unspecified atom stereocenters. The fourth-order valence-electron chi connectivity index (χ4n) is 1.93. The summed E-state index contributed by atoms with van der Waals surface area (Å²) in [6.45, 7) is 2.36. The van der Waals surface area contributed by atoms with Gasteiger partial charge in [-0.05, 0) is 55.0 Å². The highest BCUT2D eigenvalue weighted by Crippen LogP contribution is 2.26. The topological polar surface area (TPSA) is 62.1 Å². The minimum atomic E-state index is -0.509. The Morgan fingerprint density at radius 2 is 1.96 bits per heavy atom. The van der Waals surface area contributed by atoms with Gasteiger partial charge >= 0.3 is 0 Å². The molecule has 0 bridgehead atoms. The van der Waals surface area contributed by atoms with Gasteiger partial charge in [-0.15, -0.1) is 0 Å². The summed E-state index contributed by atoms with van der Waals surface area (Å²) < 4.78 is 5.35. The summed E-state index contributed by atoms with van der Waals surface area (Å²) in [6, 6.07) is 13.6. The molecule has 0 aliphatic carbocycles. The van der Waals surface area contributed by atoms with Gasteiger partial charge in [-0.1, -0.05) is 29.3 Å². The van der Waals surface area contributed by atoms with Crippen LogP contribution >= 0.6 is 23.2 Å². The SMILES string of the molecule is CCOc1ccc(/C=C(/C#N)C(=O)Nc2ccc(Cl)cc2)cc1Cl. The second-order valence-corrected chi connectivity index (χ2v) is 5.60. The summed E-state index contributed by atoms with van der Waals surface area (Å²) in [7, 11) is 0. The molecule has 24 heavy (non-hydrogen) atoms.